The van der Waals surface area contributed by atoms with Crippen molar-refractivity contribution in [3.8, 4) is 5.75 Å². The lowest BCUT2D eigenvalue weighted by Gasteiger charge is -2.45. The summed E-state index contributed by atoms with van der Waals surface area (Å²) in [5.41, 5.74) is 9.21. The number of allylic oxidation sites excluding steroid dienone is 2. The number of ether oxygens (including phenoxy) is 1. The van der Waals surface area contributed by atoms with Crippen molar-refractivity contribution < 1.29 is 4.74 Å². The second kappa shape index (κ2) is 7.46. The lowest BCUT2D eigenvalue weighted by Crippen LogP contribution is -2.48. The molecule has 2 N–H and O–H groups in total. The third kappa shape index (κ3) is 4.23. The largest absolute Gasteiger partial charge is 0.482 e. The summed E-state index contributed by atoms with van der Waals surface area (Å²) in [6.07, 6.45) is 10.5. The molecule has 1 unspecified atom stereocenters. The Labute approximate surface area is 147 Å². The number of benzene rings is 1. The Morgan fingerprint density at radius 1 is 1.12 bits per heavy atom. The molecule has 2 heteroatoms. The van der Waals surface area contributed by atoms with Gasteiger partial charge in [-0.25, -0.2) is 0 Å². The molecular formula is C22H33NO. The van der Waals surface area contributed by atoms with E-state index in [2.05, 4.69) is 46.8 Å². The van der Waals surface area contributed by atoms with Crippen LogP contribution >= 0.6 is 0 Å². The maximum atomic E-state index is 6.57. The van der Waals surface area contributed by atoms with Gasteiger partial charge in [0.15, 0.2) is 0 Å². The van der Waals surface area contributed by atoms with Crippen molar-refractivity contribution in [2.24, 2.45) is 5.41 Å². The van der Waals surface area contributed by atoms with Crippen molar-refractivity contribution in [3.05, 3.63) is 47.6 Å². The molecule has 0 saturated carbocycles. The molecule has 1 aliphatic carbocycles. The normalized spacial score (nSPS) is 21.2. The van der Waals surface area contributed by atoms with E-state index in [1.54, 1.807) is 0 Å². The van der Waals surface area contributed by atoms with Crippen LogP contribution in [0.5, 0.6) is 5.75 Å². The molecule has 24 heavy (non-hydrogen) atoms. The van der Waals surface area contributed by atoms with Gasteiger partial charge in [-0.1, -0.05) is 57.8 Å². The van der Waals surface area contributed by atoms with Crippen LogP contribution in [0.4, 0.5) is 5.69 Å². The molecule has 1 aliphatic rings. The average Bonchev–Trinajstić information content (AvgIpc) is 2.52. The first-order chi connectivity index (χ1) is 11.3. The van der Waals surface area contributed by atoms with E-state index in [9.17, 15) is 0 Å². The molecule has 0 spiro atoms. The van der Waals surface area contributed by atoms with E-state index in [1.165, 1.54) is 36.8 Å². The molecule has 0 fully saturated rings. The zero-order valence-corrected chi connectivity index (χ0v) is 16.0. The molecule has 0 bridgehead atoms. The maximum absolute atomic E-state index is 6.57. The summed E-state index contributed by atoms with van der Waals surface area (Å²) in [7, 11) is 0. The first-order valence-corrected chi connectivity index (χ1v) is 9.20. The van der Waals surface area contributed by atoms with Crippen LogP contribution in [-0.4, -0.2) is 5.60 Å². The summed E-state index contributed by atoms with van der Waals surface area (Å²) < 4.78 is 6.57. The third-order valence-electron chi connectivity index (χ3n) is 5.17. The van der Waals surface area contributed by atoms with Crippen LogP contribution in [-0.2, 0) is 0 Å². The highest BCUT2D eigenvalue weighted by molar-refractivity contribution is 5.43. The van der Waals surface area contributed by atoms with Crippen LogP contribution in [0.2, 0.25) is 0 Å². The van der Waals surface area contributed by atoms with Gasteiger partial charge in [-0.3, -0.25) is 0 Å². The molecule has 0 amide bonds. The van der Waals surface area contributed by atoms with E-state index in [-0.39, 0.29) is 11.0 Å². The molecule has 132 valence electrons. The lowest BCUT2D eigenvalue weighted by atomic mass is 9.69. The number of hydrogen-bond donors (Lipinski definition) is 1. The zero-order chi connectivity index (χ0) is 17.8. The van der Waals surface area contributed by atoms with E-state index in [4.69, 9.17) is 10.5 Å². The van der Waals surface area contributed by atoms with Gasteiger partial charge in [0.25, 0.3) is 0 Å². The van der Waals surface area contributed by atoms with Crippen LogP contribution in [0, 0.1) is 5.41 Å². The minimum Gasteiger partial charge on any atom is -0.482 e. The van der Waals surface area contributed by atoms with E-state index in [1.807, 2.05) is 24.3 Å². The number of nitrogens with two attached hydrogens (primary N) is 1. The fraction of sp³-hybridized carbons (Fsp3) is 0.545. The van der Waals surface area contributed by atoms with Crippen LogP contribution in [0.15, 0.2) is 47.6 Å². The molecule has 0 radical (unpaired) electrons. The van der Waals surface area contributed by atoms with Gasteiger partial charge in [-0.05, 0) is 50.1 Å². The fourth-order valence-electron chi connectivity index (χ4n) is 3.25. The standard InChI is InChI=1S/C22H33NO/c1-6-7-8-9-18-16-22(21(3,4)5,15-14-17(18)2)24-20-12-10-19(23)11-13-20/h10-15H,6-9,16,23H2,1-5H3. The molecule has 2 rings (SSSR count). The molecule has 1 aromatic rings. The topological polar surface area (TPSA) is 35.2 Å². The van der Waals surface area contributed by atoms with E-state index in [0.29, 0.717) is 0 Å². The van der Waals surface area contributed by atoms with Crippen LogP contribution in [0.3, 0.4) is 0 Å². The summed E-state index contributed by atoms with van der Waals surface area (Å²) >= 11 is 0. The van der Waals surface area contributed by atoms with Gasteiger partial charge in [0.1, 0.15) is 11.4 Å². The molecule has 1 aromatic carbocycles. The van der Waals surface area contributed by atoms with Gasteiger partial charge in [-0.2, -0.15) is 0 Å². The first kappa shape index (κ1) is 18.6. The Balaban J connectivity index is 2.26. The van der Waals surface area contributed by atoms with Gasteiger partial charge in [-0.15, -0.1) is 0 Å². The van der Waals surface area contributed by atoms with Gasteiger partial charge in [0, 0.05) is 17.5 Å². The van der Waals surface area contributed by atoms with E-state index < -0.39 is 0 Å². The summed E-state index contributed by atoms with van der Waals surface area (Å²) in [5, 5.41) is 0. The highest BCUT2D eigenvalue weighted by Gasteiger charge is 2.44. The molecular weight excluding hydrogens is 294 g/mol. The highest BCUT2D eigenvalue weighted by Crippen LogP contribution is 2.44. The predicted molar refractivity (Wildman–Crippen MR) is 104 cm³/mol. The molecule has 0 saturated heterocycles. The summed E-state index contributed by atoms with van der Waals surface area (Å²) in [6.45, 7) is 11.3. The number of anilines is 1. The molecule has 0 aliphatic heterocycles. The van der Waals surface area contributed by atoms with Gasteiger partial charge < -0.3 is 10.5 Å². The van der Waals surface area contributed by atoms with Crippen molar-refractivity contribution in [1.82, 2.24) is 0 Å². The summed E-state index contributed by atoms with van der Waals surface area (Å²) in [6, 6.07) is 7.75. The third-order valence-corrected chi connectivity index (χ3v) is 5.17. The van der Waals surface area contributed by atoms with Crippen molar-refractivity contribution in [3.63, 3.8) is 0 Å². The van der Waals surface area contributed by atoms with Gasteiger partial charge in [0.05, 0.1) is 0 Å². The van der Waals surface area contributed by atoms with Gasteiger partial charge >= 0.3 is 0 Å². The Hall–Kier alpha value is -1.70. The Morgan fingerprint density at radius 3 is 2.38 bits per heavy atom. The summed E-state index contributed by atoms with van der Waals surface area (Å²) in [4.78, 5) is 0. The average molecular weight is 328 g/mol. The molecule has 2 nitrogen and oxygen atoms in total. The van der Waals surface area contributed by atoms with Crippen LogP contribution in [0.25, 0.3) is 0 Å². The first-order valence-electron chi connectivity index (χ1n) is 9.20. The number of rotatable bonds is 6. The molecule has 1 atom stereocenters. The lowest BCUT2D eigenvalue weighted by molar-refractivity contribution is 0.00913. The van der Waals surface area contributed by atoms with Crippen molar-refractivity contribution >= 4 is 5.69 Å². The van der Waals surface area contributed by atoms with Crippen LogP contribution < -0.4 is 10.5 Å². The SMILES string of the molecule is CCCCCC1=C(C)C=CC(Oc2ccc(N)cc2)(C(C)(C)C)C1. The minimum absolute atomic E-state index is 0.00158. The van der Waals surface area contributed by atoms with Crippen LogP contribution in [0.1, 0.15) is 66.7 Å². The fourth-order valence-corrected chi connectivity index (χ4v) is 3.25. The van der Waals surface area contributed by atoms with Crippen molar-refractivity contribution in [1.29, 1.82) is 0 Å². The smallest absolute Gasteiger partial charge is 0.136 e. The van der Waals surface area contributed by atoms with E-state index in [0.717, 1.165) is 17.9 Å². The maximum Gasteiger partial charge on any atom is 0.136 e. The number of nitrogen functional groups attached to an aromatic ring is 1. The Morgan fingerprint density at radius 2 is 1.79 bits per heavy atom. The van der Waals surface area contributed by atoms with Crippen molar-refractivity contribution in [2.45, 2.75) is 72.3 Å². The number of hydrogen-bond acceptors (Lipinski definition) is 2. The van der Waals surface area contributed by atoms with Crippen molar-refractivity contribution in [2.75, 3.05) is 5.73 Å². The Kier molecular flexibility index (Phi) is 5.79. The number of unbranched alkanes of at least 4 members (excludes halogenated alkanes) is 2. The van der Waals surface area contributed by atoms with Gasteiger partial charge in [0.2, 0.25) is 0 Å². The zero-order valence-electron chi connectivity index (χ0n) is 16.0. The monoisotopic (exact) mass is 327 g/mol. The molecule has 0 aromatic heterocycles. The highest BCUT2D eigenvalue weighted by atomic mass is 16.5. The second-order valence-electron chi connectivity index (χ2n) is 8.06. The second-order valence-corrected chi connectivity index (χ2v) is 8.06. The quantitative estimate of drug-likeness (QED) is 0.492. The molecule has 0 heterocycles. The predicted octanol–water partition coefficient (Wildman–Crippen LogP) is 6.29. The van der Waals surface area contributed by atoms with E-state index >= 15 is 0 Å². The minimum atomic E-state index is -0.315. The Bertz CT molecular complexity index is 604. The summed E-state index contributed by atoms with van der Waals surface area (Å²) in [5.74, 6) is 0.885.